The van der Waals surface area contributed by atoms with Crippen LogP contribution in [0.2, 0.25) is 0 Å². The lowest BCUT2D eigenvalue weighted by Crippen LogP contribution is -2.12. The minimum Gasteiger partial charge on any atom is -0.496 e. The van der Waals surface area contributed by atoms with Gasteiger partial charge in [0.1, 0.15) is 5.75 Å². The van der Waals surface area contributed by atoms with E-state index in [1.54, 1.807) is 18.2 Å². The third kappa shape index (κ3) is 1.97. The van der Waals surface area contributed by atoms with E-state index in [4.69, 9.17) is 4.74 Å². The molecule has 0 fully saturated rings. The van der Waals surface area contributed by atoms with E-state index in [0.29, 0.717) is 0 Å². The van der Waals surface area contributed by atoms with Crippen LogP contribution in [0, 0.1) is 0 Å². The lowest BCUT2D eigenvalue weighted by molar-refractivity contribution is -0.0104. The highest BCUT2D eigenvalue weighted by atomic mass is 19.3. The van der Waals surface area contributed by atoms with Crippen LogP contribution < -0.4 is 4.74 Å². The number of rotatable bonds is 3. The summed E-state index contributed by atoms with van der Waals surface area (Å²) in [7, 11) is 1.39. The molecule has 72 valence electrons. The van der Waals surface area contributed by atoms with Gasteiger partial charge in [-0.3, -0.25) is 0 Å². The van der Waals surface area contributed by atoms with Crippen LogP contribution in [0.4, 0.5) is 8.78 Å². The maximum absolute atomic E-state index is 13.3. The van der Waals surface area contributed by atoms with Crippen molar-refractivity contribution in [3.63, 3.8) is 0 Å². The molecule has 0 N–H and O–H groups in total. The van der Waals surface area contributed by atoms with E-state index >= 15 is 0 Å². The van der Waals surface area contributed by atoms with Crippen LogP contribution in [-0.2, 0) is 5.92 Å². The van der Waals surface area contributed by atoms with Crippen LogP contribution in [0.25, 0.3) is 0 Å². The smallest absolute Gasteiger partial charge is 0.276 e. The molecule has 0 amide bonds. The van der Waals surface area contributed by atoms with Crippen molar-refractivity contribution in [2.45, 2.75) is 19.3 Å². The van der Waals surface area contributed by atoms with E-state index in [0.717, 1.165) is 0 Å². The normalized spacial score (nSPS) is 11.4. The summed E-state index contributed by atoms with van der Waals surface area (Å²) in [5.41, 5.74) is -0.0417. The fourth-order valence-electron chi connectivity index (χ4n) is 1.14. The largest absolute Gasteiger partial charge is 0.496 e. The molecule has 0 aromatic heterocycles. The predicted molar refractivity (Wildman–Crippen MR) is 47.2 cm³/mol. The van der Waals surface area contributed by atoms with Crippen LogP contribution >= 0.6 is 0 Å². The molecule has 0 radical (unpaired) electrons. The molecule has 0 saturated carbocycles. The quantitative estimate of drug-likeness (QED) is 0.704. The molecule has 13 heavy (non-hydrogen) atoms. The summed E-state index contributed by atoms with van der Waals surface area (Å²) in [6.07, 6.45) is -0.215. The highest BCUT2D eigenvalue weighted by molar-refractivity contribution is 5.36. The van der Waals surface area contributed by atoms with Crippen molar-refractivity contribution in [1.82, 2.24) is 0 Å². The number of para-hydroxylation sites is 1. The maximum atomic E-state index is 13.3. The van der Waals surface area contributed by atoms with Gasteiger partial charge in [0.2, 0.25) is 0 Å². The van der Waals surface area contributed by atoms with E-state index < -0.39 is 5.92 Å². The average Bonchev–Trinajstić information content (AvgIpc) is 2.18. The van der Waals surface area contributed by atoms with Gasteiger partial charge in [-0.1, -0.05) is 19.1 Å². The summed E-state index contributed by atoms with van der Waals surface area (Å²) in [4.78, 5) is 0. The van der Waals surface area contributed by atoms with Gasteiger partial charge in [-0.2, -0.15) is 0 Å². The number of halogens is 2. The SMILES string of the molecule is CCC(F)(F)c1ccccc1OC. The molecule has 0 heterocycles. The Labute approximate surface area is 76.3 Å². The molecular formula is C10H12F2O. The van der Waals surface area contributed by atoms with Crippen LogP contribution in [0.3, 0.4) is 0 Å². The monoisotopic (exact) mass is 186 g/mol. The lowest BCUT2D eigenvalue weighted by Gasteiger charge is -2.17. The summed E-state index contributed by atoms with van der Waals surface area (Å²) in [6.45, 7) is 1.45. The molecule has 1 nitrogen and oxygen atoms in total. The molecule has 1 aromatic rings. The van der Waals surface area contributed by atoms with Gasteiger partial charge in [0.15, 0.2) is 0 Å². The van der Waals surface area contributed by atoms with Gasteiger partial charge in [0.05, 0.1) is 12.7 Å². The molecule has 1 rings (SSSR count). The lowest BCUT2D eigenvalue weighted by atomic mass is 10.1. The Kier molecular flexibility index (Phi) is 2.86. The van der Waals surface area contributed by atoms with Crippen LogP contribution in [0.5, 0.6) is 5.75 Å². The van der Waals surface area contributed by atoms with Crippen molar-refractivity contribution < 1.29 is 13.5 Å². The standard InChI is InChI=1S/C10H12F2O/c1-3-10(11,12)8-6-4-5-7-9(8)13-2/h4-7H,3H2,1-2H3. The second-order valence-corrected chi connectivity index (χ2v) is 2.76. The third-order valence-electron chi connectivity index (χ3n) is 1.95. The third-order valence-corrected chi connectivity index (χ3v) is 1.95. The zero-order valence-corrected chi connectivity index (χ0v) is 7.68. The van der Waals surface area contributed by atoms with Crippen molar-refractivity contribution in [2.75, 3.05) is 7.11 Å². The summed E-state index contributed by atoms with van der Waals surface area (Å²) in [5, 5.41) is 0. The number of methoxy groups -OCH3 is 1. The van der Waals surface area contributed by atoms with Crippen LogP contribution in [-0.4, -0.2) is 7.11 Å². The Bertz CT molecular complexity index is 284. The first-order valence-corrected chi connectivity index (χ1v) is 4.13. The summed E-state index contributed by atoms with van der Waals surface area (Å²) in [6, 6.07) is 6.19. The molecule has 0 atom stereocenters. The number of benzene rings is 1. The summed E-state index contributed by atoms with van der Waals surface area (Å²) < 4.78 is 31.4. The number of hydrogen-bond acceptors (Lipinski definition) is 1. The molecule has 0 unspecified atom stereocenters. The van der Waals surface area contributed by atoms with Crippen LogP contribution in [0.1, 0.15) is 18.9 Å². The van der Waals surface area contributed by atoms with Crippen molar-refractivity contribution in [3.8, 4) is 5.75 Å². The van der Waals surface area contributed by atoms with Gasteiger partial charge in [0, 0.05) is 6.42 Å². The maximum Gasteiger partial charge on any atom is 0.276 e. The Balaban J connectivity index is 3.12. The Hall–Kier alpha value is -1.12. The Morgan fingerprint density at radius 2 is 1.92 bits per heavy atom. The first kappa shape index (κ1) is 9.96. The first-order valence-electron chi connectivity index (χ1n) is 4.13. The van der Waals surface area contributed by atoms with E-state index in [-0.39, 0.29) is 17.7 Å². The molecule has 0 aliphatic heterocycles. The molecule has 1 aromatic carbocycles. The van der Waals surface area contributed by atoms with Gasteiger partial charge in [0.25, 0.3) is 5.92 Å². The second-order valence-electron chi connectivity index (χ2n) is 2.76. The average molecular weight is 186 g/mol. The van der Waals surface area contributed by atoms with Gasteiger partial charge in [-0.15, -0.1) is 0 Å². The van der Waals surface area contributed by atoms with Crippen LogP contribution in [0.15, 0.2) is 24.3 Å². The summed E-state index contributed by atoms with van der Waals surface area (Å²) >= 11 is 0. The number of alkyl halides is 2. The fourth-order valence-corrected chi connectivity index (χ4v) is 1.14. The Morgan fingerprint density at radius 1 is 1.31 bits per heavy atom. The van der Waals surface area contributed by atoms with Crippen molar-refractivity contribution >= 4 is 0 Å². The Morgan fingerprint density at radius 3 is 2.46 bits per heavy atom. The van der Waals surface area contributed by atoms with E-state index in [1.807, 2.05) is 0 Å². The second kappa shape index (κ2) is 3.73. The zero-order chi connectivity index (χ0) is 9.90. The number of ether oxygens (including phenoxy) is 1. The fraction of sp³-hybridized carbons (Fsp3) is 0.400. The summed E-state index contributed by atoms with van der Waals surface area (Å²) in [5.74, 6) is -2.55. The van der Waals surface area contributed by atoms with E-state index in [2.05, 4.69) is 0 Å². The number of hydrogen-bond donors (Lipinski definition) is 0. The minimum absolute atomic E-state index is 0.0417. The predicted octanol–water partition coefficient (Wildman–Crippen LogP) is 3.20. The van der Waals surface area contributed by atoms with E-state index in [1.165, 1.54) is 20.1 Å². The molecule has 0 saturated heterocycles. The minimum atomic E-state index is -2.80. The molecule has 0 spiro atoms. The van der Waals surface area contributed by atoms with Crippen molar-refractivity contribution in [2.24, 2.45) is 0 Å². The van der Waals surface area contributed by atoms with Gasteiger partial charge in [-0.05, 0) is 12.1 Å². The molecule has 0 aliphatic carbocycles. The molecule has 0 aliphatic rings. The molecule has 3 heteroatoms. The van der Waals surface area contributed by atoms with E-state index in [9.17, 15) is 8.78 Å². The molecular weight excluding hydrogens is 174 g/mol. The molecule has 0 bridgehead atoms. The highest BCUT2D eigenvalue weighted by Crippen LogP contribution is 2.36. The topological polar surface area (TPSA) is 9.23 Å². The first-order chi connectivity index (χ1) is 6.11. The van der Waals surface area contributed by atoms with Gasteiger partial charge < -0.3 is 4.74 Å². The van der Waals surface area contributed by atoms with Crippen molar-refractivity contribution in [1.29, 1.82) is 0 Å². The highest BCUT2D eigenvalue weighted by Gasteiger charge is 2.31. The van der Waals surface area contributed by atoms with Gasteiger partial charge in [-0.25, -0.2) is 8.78 Å². The van der Waals surface area contributed by atoms with Gasteiger partial charge >= 0.3 is 0 Å². The van der Waals surface area contributed by atoms with Crippen molar-refractivity contribution in [3.05, 3.63) is 29.8 Å². The zero-order valence-electron chi connectivity index (χ0n) is 7.68.